The van der Waals surface area contributed by atoms with Crippen LogP contribution in [-0.4, -0.2) is 40.0 Å². The summed E-state index contributed by atoms with van der Waals surface area (Å²) in [5, 5.41) is 10.3. The zero-order valence-electron chi connectivity index (χ0n) is 11.9. The summed E-state index contributed by atoms with van der Waals surface area (Å²) < 4.78 is 0. The number of nitrogens with one attached hydrogen (secondary N) is 1. The number of benzene rings is 1. The first-order chi connectivity index (χ1) is 10.1. The largest absolute Gasteiger partial charge is 0.481 e. The molecule has 1 aliphatic rings. The lowest BCUT2D eigenvalue weighted by Crippen LogP contribution is -2.36. The Morgan fingerprint density at radius 2 is 2.19 bits per heavy atom. The van der Waals surface area contributed by atoms with Gasteiger partial charge in [0.05, 0.1) is 5.41 Å². The number of carboxylic acid groups (broad SMARTS) is 1. The molecular weight excluding hydrogens is 268 g/mol. The average molecular weight is 286 g/mol. The summed E-state index contributed by atoms with van der Waals surface area (Å²) in [5.41, 5.74) is 0.757. The number of carboxylic acids is 1. The number of carbonyl (C=O) groups is 2. The van der Waals surface area contributed by atoms with Crippen LogP contribution in [0.3, 0.4) is 0 Å². The molecule has 0 spiro atoms. The van der Waals surface area contributed by atoms with Crippen LogP contribution in [0.15, 0.2) is 30.5 Å². The predicted molar refractivity (Wildman–Crippen MR) is 79.2 cm³/mol. The molecule has 5 heteroatoms. The maximum absolute atomic E-state index is 12.7. The van der Waals surface area contributed by atoms with Crippen LogP contribution in [0, 0.1) is 5.41 Å². The molecule has 0 radical (unpaired) electrons. The molecule has 2 aromatic rings. The number of fused-ring (bicyclic) bond motifs is 1. The van der Waals surface area contributed by atoms with Crippen LogP contribution in [-0.2, 0) is 4.79 Å². The van der Waals surface area contributed by atoms with E-state index in [2.05, 4.69) is 4.98 Å². The molecule has 3 rings (SSSR count). The molecule has 1 saturated heterocycles. The van der Waals surface area contributed by atoms with Crippen molar-refractivity contribution in [3.63, 3.8) is 0 Å². The summed E-state index contributed by atoms with van der Waals surface area (Å²) >= 11 is 0. The standard InChI is InChI=1S/C16H18N2O3/c1-2-16(15(20)21)7-9-18(10-16)14(19)12-4-3-5-13-11(12)6-8-17-13/h3-6,8,17H,2,7,9-10H2,1H3,(H,20,21). The zero-order chi connectivity index (χ0) is 15.0. The lowest BCUT2D eigenvalue weighted by Gasteiger charge is -2.23. The molecule has 1 aromatic heterocycles. The monoisotopic (exact) mass is 286 g/mol. The van der Waals surface area contributed by atoms with Crippen molar-refractivity contribution < 1.29 is 14.7 Å². The number of hydrogen-bond acceptors (Lipinski definition) is 2. The van der Waals surface area contributed by atoms with E-state index in [9.17, 15) is 14.7 Å². The molecule has 1 aromatic carbocycles. The van der Waals surface area contributed by atoms with E-state index in [1.54, 1.807) is 17.2 Å². The van der Waals surface area contributed by atoms with Gasteiger partial charge in [-0.3, -0.25) is 9.59 Å². The number of hydrogen-bond donors (Lipinski definition) is 2. The van der Waals surface area contributed by atoms with E-state index in [1.165, 1.54) is 0 Å². The molecule has 2 N–H and O–H groups in total. The van der Waals surface area contributed by atoms with Gasteiger partial charge in [-0.1, -0.05) is 13.0 Å². The van der Waals surface area contributed by atoms with Crippen LogP contribution in [0.1, 0.15) is 30.1 Å². The molecule has 0 aliphatic carbocycles. The normalized spacial score (nSPS) is 21.9. The Bertz CT molecular complexity index is 706. The Labute approximate surface area is 122 Å². The minimum Gasteiger partial charge on any atom is -0.481 e. The van der Waals surface area contributed by atoms with Gasteiger partial charge in [0.25, 0.3) is 5.91 Å². The highest BCUT2D eigenvalue weighted by Gasteiger charge is 2.44. The van der Waals surface area contributed by atoms with Crippen molar-refractivity contribution >= 4 is 22.8 Å². The van der Waals surface area contributed by atoms with Crippen LogP contribution in [0.4, 0.5) is 0 Å². The number of amides is 1. The third-order valence-corrected chi connectivity index (χ3v) is 4.60. The number of rotatable bonds is 3. The van der Waals surface area contributed by atoms with Crippen LogP contribution < -0.4 is 0 Å². The summed E-state index contributed by atoms with van der Waals surface area (Å²) in [7, 11) is 0. The van der Waals surface area contributed by atoms with Crippen molar-refractivity contribution in [1.29, 1.82) is 0 Å². The number of aromatic nitrogens is 1. The highest BCUT2D eigenvalue weighted by molar-refractivity contribution is 6.06. The fraction of sp³-hybridized carbons (Fsp3) is 0.375. The van der Waals surface area contributed by atoms with E-state index in [4.69, 9.17) is 0 Å². The number of H-pyrrole nitrogens is 1. The van der Waals surface area contributed by atoms with E-state index in [1.807, 2.05) is 25.1 Å². The number of nitrogens with zero attached hydrogens (tertiary/aromatic N) is 1. The topological polar surface area (TPSA) is 73.4 Å². The van der Waals surface area contributed by atoms with Crippen molar-refractivity contribution in [2.45, 2.75) is 19.8 Å². The Morgan fingerprint density at radius 3 is 2.86 bits per heavy atom. The molecule has 2 heterocycles. The maximum atomic E-state index is 12.7. The van der Waals surface area contributed by atoms with Gasteiger partial charge in [0.15, 0.2) is 0 Å². The molecular formula is C16H18N2O3. The van der Waals surface area contributed by atoms with Crippen LogP contribution in [0.25, 0.3) is 10.9 Å². The Kier molecular flexibility index (Phi) is 3.20. The van der Waals surface area contributed by atoms with E-state index >= 15 is 0 Å². The highest BCUT2D eigenvalue weighted by Crippen LogP contribution is 2.35. The average Bonchev–Trinajstić information content (AvgIpc) is 3.13. The van der Waals surface area contributed by atoms with Crippen LogP contribution >= 0.6 is 0 Å². The highest BCUT2D eigenvalue weighted by atomic mass is 16.4. The molecule has 21 heavy (non-hydrogen) atoms. The smallest absolute Gasteiger partial charge is 0.311 e. The molecule has 110 valence electrons. The Morgan fingerprint density at radius 1 is 1.38 bits per heavy atom. The van der Waals surface area contributed by atoms with E-state index in [0.29, 0.717) is 31.5 Å². The van der Waals surface area contributed by atoms with Crippen LogP contribution in [0.5, 0.6) is 0 Å². The van der Waals surface area contributed by atoms with Gasteiger partial charge in [0, 0.05) is 35.8 Å². The SMILES string of the molecule is CCC1(C(=O)O)CCN(C(=O)c2cccc3[nH]ccc23)C1. The van der Waals surface area contributed by atoms with Crippen LogP contribution in [0.2, 0.25) is 0 Å². The van der Waals surface area contributed by atoms with Crippen molar-refractivity contribution in [2.75, 3.05) is 13.1 Å². The molecule has 0 bridgehead atoms. The lowest BCUT2D eigenvalue weighted by molar-refractivity contribution is -0.148. The molecule has 0 saturated carbocycles. The summed E-state index contributed by atoms with van der Waals surface area (Å²) in [6.45, 7) is 2.66. The first-order valence-electron chi connectivity index (χ1n) is 7.16. The van der Waals surface area contributed by atoms with E-state index in [0.717, 1.165) is 10.9 Å². The lowest BCUT2D eigenvalue weighted by atomic mass is 9.84. The van der Waals surface area contributed by atoms with Crippen molar-refractivity contribution in [3.8, 4) is 0 Å². The minimum atomic E-state index is -0.805. The van der Waals surface area contributed by atoms with Gasteiger partial charge in [0.1, 0.15) is 0 Å². The van der Waals surface area contributed by atoms with Gasteiger partial charge in [-0.2, -0.15) is 0 Å². The summed E-state index contributed by atoms with van der Waals surface area (Å²) in [5.74, 6) is -0.892. The second kappa shape index (κ2) is 4.91. The molecule has 1 unspecified atom stereocenters. The van der Waals surface area contributed by atoms with Gasteiger partial charge in [-0.05, 0) is 31.0 Å². The van der Waals surface area contributed by atoms with Gasteiger partial charge in [0.2, 0.25) is 0 Å². The van der Waals surface area contributed by atoms with Crippen molar-refractivity contribution in [1.82, 2.24) is 9.88 Å². The second-order valence-corrected chi connectivity index (χ2v) is 5.66. The van der Waals surface area contributed by atoms with Gasteiger partial charge >= 0.3 is 5.97 Å². The quantitative estimate of drug-likeness (QED) is 0.910. The van der Waals surface area contributed by atoms with E-state index in [-0.39, 0.29) is 5.91 Å². The third kappa shape index (κ3) is 2.09. The summed E-state index contributed by atoms with van der Waals surface area (Å²) in [6.07, 6.45) is 2.87. The third-order valence-electron chi connectivity index (χ3n) is 4.60. The fourth-order valence-electron chi connectivity index (χ4n) is 3.10. The molecule has 1 amide bonds. The number of aromatic amines is 1. The first-order valence-corrected chi connectivity index (χ1v) is 7.16. The molecule has 5 nitrogen and oxygen atoms in total. The number of likely N-dealkylation sites (tertiary alicyclic amines) is 1. The summed E-state index contributed by atoms with van der Waals surface area (Å²) in [4.78, 5) is 28.9. The first kappa shape index (κ1) is 13.7. The fourth-order valence-corrected chi connectivity index (χ4v) is 3.10. The second-order valence-electron chi connectivity index (χ2n) is 5.66. The number of aliphatic carboxylic acids is 1. The molecule has 1 fully saturated rings. The Balaban J connectivity index is 1.90. The molecule has 1 aliphatic heterocycles. The summed E-state index contributed by atoms with van der Waals surface area (Å²) in [6, 6.07) is 7.43. The Hall–Kier alpha value is -2.30. The number of carbonyl (C=O) groups excluding carboxylic acids is 1. The maximum Gasteiger partial charge on any atom is 0.311 e. The van der Waals surface area contributed by atoms with Crippen molar-refractivity contribution in [3.05, 3.63) is 36.0 Å². The van der Waals surface area contributed by atoms with Crippen molar-refractivity contribution in [2.24, 2.45) is 5.41 Å². The van der Waals surface area contributed by atoms with Gasteiger partial charge < -0.3 is 15.0 Å². The predicted octanol–water partition coefficient (Wildman–Crippen LogP) is 2.49. The van der Waals surface area contributed by atoms with E-state index < -0.39 is 11.4 Å². The van der Waals surface area contributed by atoms with Gasteiger partial charge in [-0.15, -0.1) is 0 Å². The zero-order valence-corrected chi connectivity index (χ0v) is 11.9. The van der Waals surface area contributed by atoms with Gasteiger partial charge in [-0.25, -0.2) is 0 Å². The minimum absolute atomic E-state index is 0.0863. The molecule has 1 atom stereocenters.